The van der Waals surface area contributed by atoms with Crippen molar-refractivity contribution in [1.29, 1.82) is 0 Å². The first-order valence-corrected chi connectivity index (χ1v) is 5.35. The standard InChI is InChI=1S/C11H11ClF2O/c12-6-8-5-10(8)7-1-3-9(4-2-7)15-11(13)14/h1-4,8,10-11H,5-6H2. The van der Waals surface area contributed by atoms with Gasteiger partial charge in [-0.2, -0.15) is 8.78 Å². The van der Waals surface area contributed by atoms with Crippen molar-refractivity contribution in [2.75, 3.05) is 5.88 Å². The van der Waals surface area contributed by atoms with Crippen molar-refractivity contribution in [2.24, 2.45) is 5.92 Å². The van der Waals surface area contributed by atoms with Gasteiger partial charge in [0, 0.05) is 5.88 Å². The molecule has 0 aliphatic heterocycles. The van der Waals surface area contributed by atoms with Crippen molar-refractivity contribution >= 4 is 11.6 Å². The lowest BCUT2D eigenvalue weighted by atomic mass is 10.1. The Hall–Kier alpha value is -0.830. The molecule has 0 aromatic heterocycles. The molecular formula is C11H11ClF2O. The second-order valence-electron chi connectivity index (χ2n) is 3.70. The summed E-state index contributed by atoms with van der Waals surface area (Å²) in [7, 11) is 0. The molecular weight excluding hydrogens is 222 g/mol. The summed E-state index contributed by atoms with van der Waals surface area (Å²) < 4.78 is 28.0. The molecule has 0 saturated heterocycles. The zero-order valence-electron chi connectivity index (χ0n) is 8.00. The molecule has 2 rings (SSSR count). The third kappa shape index (κ3) is 2.59. The zero-order valence-corrected chi connectivity index (χ0v) is 8.75. The fraction of sp³-hybridized carbons (Fsp3) is 0.455. The summed E-state index contributed by atoms with van der Waals surface area (Å²) >= 11 is 5.72. The maximum Gasteiger partial charge on any atom is 0.387 e. The second-order valence-corrected chi connectivity index (χ2v) is 4.01. The van der Waals surface area contributed by atoms with Crippen LogP contribution in [0.1, 0.15) is 17.9 Å². The molecule has 0 N–H and O–H groups in total. The van der Waals surface area contributed by atoms with Crippen LogP contribution in [0, 0.1) is 5.92 Å². The van der Waals surface area contributed by atoms with Crippen LogP contribution < -0.4 is 4.74 Å². The number of benzene rings is 1. The highest BCUT2D eigenvalue weighted by atomic mass is 35.5. The minimum absolute atomic E-state index is 0.205. The summed E-state index contributed by atoms with van der Waals surface area (Å²) in [5.41, 5.74) is 1.15. The van der Waals surface area contributed by atoms with E-state index in [0.29, 0.717) is 17.7 Å². The smallest absolute Gasteiger partial charge is 0.387 e. The van der Waals surface area contributed by atoms with E-state index in [4.69, 9.17) is 11.6 Å². The Labute approximate surface area is 92.0 Å². The number of hydrogen-bond acceptors (Lipinski definition) is 1. The van der Waals surface area contributed by atoms with E-state index in [1.54, 1.807) is 12.1 Å². The first kappa shape index (κ1) is 10.7. The molecule has 15 heavy (non-hydrogen) atoms. The predicted molar refractivity (Wildman–Crippen MR) is 54.6 cm³/mol. The lowest BCUT2D eigenvalue weighted by molar-refractivity contribution is -0.0498. The van der Waals surface area contributed by atoms with E-state index in [-0.39, 0.29) is 5.75 Å². The van der Waals surface area contributed by atoms with Crippen LogP contribution in [0.3, 0.4) is 0 Å². The Morgan fingerprint density at radius 1 is 1.33 bits per heavy atom. The van der Waals surface area contributed by atoms with E-state index in [2.05, 4.69) is 4.74 Å². The average molecular weight is 233 g/mol. The van der Waals surface area contributed by atoms with Crippen molar-refractivity contribution in [3.8, 4) is 5.75 Å². The predicted octanol–water partition coefficient (Wildman–Crippen LogP) is 3.63. The van der Waals surface area contributed by atoms with Gasteiger partial charge in [0.15, 0.2) is 0 Å². The zero-order chi connectivity index (χ0) is 10.8. The summed E-state index contributed by atoms with van der Waals surface area (Å²) in [6, 6.07) is 6.81. The van der Waals surface area contributed by atoms with Crippen LogP contribution in [-0.2, 0) is 0 Å². The summed E-state index contributed by atoms with van der Waals surface area (Å²) in [5.74, 6) is 1.92. The molecule has 0 amide bonds. The molecule has 1 aromatic rings. The molecule has 0 bridgehead atoms. The Kier molecular flexibility index (Phi) is 3.10. The van der Waals surface area contributed by atoms with Crippen molar-refractivity contribution in [3.05, 3.63) is 29.8 Å². The topological polar surface area (TPSA) is 9.23 Å². The van der Waals surface area contributed by atoms with E-state index >= 15 is 0 Å². The minimum atomic E-state index is -2.76. The van der Waals surface area contributed by atoms with Crippen LogP contribution in [0.15, 0.2) is 24.3 Å². The van der Waals surface area contributed by atoms with E-state index < -0.39 is 6.61 Å². The normalized spacial score (nSPS) is 24.3. The van der Waals surface area contributed by atoms with Crippen LogP contribution >= 0.6 is 11.6 Å². The highest BCUT2D eigenvalue weighted by Crippen LogP contribution is 2.48. The summed E-state index contributed by atoms with van der Waals surface area (Å²) in [6.07, 6.45) is 1.10. The fourth-order valence-corrected chi connectivity index (χ4v) is 2.06. The monoisotopic (exact) mass is 232 g/mol. The molecule has 2 unspecified atom stereocenters. The van der Waals surface area contributed by atoms with Crippen molar-refractivity contribution in [3.63, 3.8) is 0 Å². The molecule has 2 atom stereocenters. The molecule has 0 radical (unpaired) electrons. The minimum Gasteiger partial charge on any atom is -0.435 e. The van der Waals surface area contributed by atoms with E-state index in [0.717, 1.165) is 12.0 Å². The van der Waals surface area contributed by atoms with Gasteiger partial charge in [-0.1, -0.05) is 12.1 Å². The fourth-order valence-electron chi connectivity index (χ4n) is 1.72. The number of hydrogen-bond donors (Lipinski definition) is 0. The third-order valence-corrected chi connectivity index (χ3v) is 3.05. The van der Waals surface area contributed by atoms with E-state index in [9.17, 15) is 8.78 Å². The van der Waals surface area contributed by atoms with E-state index in [1.807, 2.05) is 12.1 Å². The molecule has 1 aromatic carbocycles. The van der Waals surface area contributed by atoms with Crippen LogP contribution in [0.5, 0.6) is 5.75 Å². The van der Waals surface area contributed by atoms with Gasteiger partial charge >= 0.3 is 6.61 Å². The van der Waals surface area contributed by atoms with Gasteiger partial charge in [-0.3, -0.25) is 0 Å². The molecule has 1 fully saturated rings. The van der Waals surface area contributed by atoms with Crippen LogP contribution in [0.4, 0.5) is 8.78 Å². The van der Waals surface area contributed by atoms with Gasteiger partial charge in [0.1, 0.15) is 5.75 Å². The van der Waals surface area contributed by atoms with Gasteiger partial charge in [0.25, 0.3) is 0 Å². The Morgan fingerprint density at radius 2 is 2.00 bits per heavy atom. The summed E-state index contributed by atoms with van der Waals surface area (Å²) in [6.45, 7) is -2.76. The van der Waals surface area contributed by atoms with Crippen LogP contribution in [0.25, 0.3) is 0 Å². The second kappa shape index (κ2) is 4.35. The molecule has 1 saturated carbocycles. The molecule has 1 nitrogen and oxygen atoms in total. The number of ether oxygens (including phenoxy) is 1. The average Bonchev–Trinajstić information content (AvgIpc) is 2.97. The van der Waals surface area contributed by atoms with Crippen LogP contribution in [0.2, 0.25) is 0 Å². The highest BCUT2D eigenvalue weighted by Gasteiger charge is 2.37. The van der Waals surface area contributed by atoms with Crippen molar-refractivity contribution in [1.82, 2.24) is 0 Å². The number of rotatable bonds is 4. The Bertz CT molecular complexity index is 326. The van der Waals surface area contributed by atoms with E-state index in [1.165, 1.54) is 0 Å². The number of halogens is 3. The lowest BCUT2D eigenvalue weighted by Gasteiger charge is -2.05. The van der Waals surface area contributed by atoms with Crippen LogP contribution in [-0.4, -0.2) is 12.5 Å². The molecule has 4 heteroatoms. The third-order valence-electron chi connectivity index (χ3n) is 2.65. The quantitative estimate of drug-likeness (QED) is 0.721. The van der Waals surface area contributed by atoms with Gasteiger partial charge < -0.3 is 4.74 Å². The Morgan fingerprint density at radius 3 is 2.47 bits per heavy atom. The lowest BCUT2D eigenvalue weighted by Crippen LogP contribution is -2.01. The van der Waals surface area contributed by atoms with Gasteiger partial charge in [-0.25, -0.2) is 0 Å². The Balaban J connectivity index is 1.99. The maximum atomic E-state index is 11.9. The first-order chi connectivity index (χ1) is 7.20. The largest absolute Gasteiger partial charge is 0.435 e. The van der Waals surface area contributed by atoms with Gasteiger partial charge in [0.2, 0.25) is 0 Å². The molecule has 1 aliphatic rings. The first-order valence-electron chi connectivity index (χ1n) is 4.81. The summed E-state index contributed by atoms with van der Waals surface area (Å²) in [4.78, 5) is 0. The number of alkyl halides is 3. The maximum absolute atomic E-state index is 11.9. The molecule has 0 heterocycles. The molecule has 1 aliphatic carbocycles. The molecule has 82 valence electrons. The summed E-state index contributed by atoms with van der Waals surface area (Å²) in [5, 5.41) is 0. The van der Waals surface area contributed by atoms with Crippen molar-refractivity contribution in [2.45, 2.75) is 19.0 Å². The van der Waals surface area contributed by atoms with Crippen molar-refractivity contribution < 1.29 is 13.5 Å². The highest BCUT2D eigenvalue weighted by molar-refractivity contribution is 6.18. The van der Waals surface area contributed by atoms with Gasteiger partial charge in [0.05, 0.1) is 0 Å². The SMILES string of the molecule is FC(F)Oc1ccc(C2CC2CCl)cc1. The van der Waals surface area contributed by atoms with Gasteiger partial charge in [-0.05, 0) is 36.0 Å². The van der Waals surface area contributed by atoms with Gasteiger partial charge in [-0.15, -0.1) is 11.6 Å². The molecule has 0 spiro atoms.